The van der Waals surface area contributed by atoms with Crippen LogP contribution in [-0.2, 0) is 14.6 Å². The van der Waals surface area contributed by atoms with Gasteiger partial charge in [0.05, 0.1) is 19.0 Å². The standard InChI is InChI=1S/C9H21NO4S/c1-3-15(12,13)9-6-10(4-7-11)5-8-14-2/h11H,3-9H2,1-2H3. The number of hydrogen-bond donors (Lipinski definition) is 1. The van der Waals surface area contributed by atoms with Gasteiger partial charge in [0.1, 0.15) is 0 Å². The average Bonchev–Trinajstić information content (AvgIpc) is 2.22. The van der Waals surface area contributed by atoms with Crippen molar-refractivity contribution in [2.24, 2.45) is 0 Å². The first-order valence-electron chi connectivity index (χ1n) is 5.08. The van der Waals surface area contributed by atoms with E-state index in [0.29, 0.717) is 26.2 Å². The predicted octanol–water partition coefficient (Wildman–Crippen LogP) is -0.638. The van der Waals surface area contributed by atoms with Crippen molar-refractivity contribution in [3.05, 3.63) is 0 Å². The molecular formula is C9H21NO4S. The molecule has 0 atom stereocenters. The quantitative estimate of drug-likeness (QED) is 0.580. The Kier molecular flexibility index (Phi) is 7.95. The molecule has 0 aliphatic rings. The van der Waals surface area contributed by atoms with Crippen molar-refractivity contribution in [3.63, 3.8) is 0 Å². The summed E-state index contributed by atoms with van der Waals surface area (Å²) in [5.41, 5.74) is 0. The second kappa shape index (κ2) is 8.04. The maximum atomic E-state index is 11.3. The zero-order valence-corrected chi connectivity index (χ0v) is 10.3. The molecule has 0 bridgehead atoms. The molecule has 6 heteroatoms. The van der Waals surface area contributed by atoms with E-state index in [1.165, 1.54) is 0 Å². The van der Waals surface area contributed by atoms with Gasteiger partial charge in [-0.15, -0.1) is 0 Å². The summed E-state index contributed by atoms with van der Waals surface area (Å²) in [5.74, 6) is 0.317. The number of rotatable bonds is 9. The molecule has 0 unspecified atom stereocenters. The molecule has 0 heterocycles. The van der Waals surface area contributed by atoms with E-state index in [1.54, 1.807) is 14.0 Å². The first kappa shape index (κ1) is 14.8. The normalized spacial score (nSPS) is 12.3. The van der Waals surface area contributed by atoms with E-state index in [0.717, 1.165) is 0 Å². The second-order valence-corrected chi connectivity index (χ2v) is 5.77. The van der Waals surface area contributed by atoms with E-state index in [2.05, 4.69) is 0 Å². The van der Waals surface area contributed by atoms with E-state index >= 15 is 0 Å². The minimum Gasteiger partial charge on any atom is -0.395 e. The van der Waals surface area contributed by atoms with Gasteiger partial charge in [-0.3, -0.25) is 4.90 Å². The van der Waals surface area contributed by atoms with Gasteiger partial charge in [0, 0.05) is 32.5 Å². The summed E-state index contributed by atoms with van der Waals surface area (Å²) >= 11 is 0. The number of nitrogens with zero attached hydrogens (tertiary/aromatic N) is 1. The van der Waals surface area contributed by atoms with Crippen LogP contribution in [0, 0.1) is 0 Å². The molecule has 1 N–H and O–H groups in total. The Hall–Kier alpha value is -0.170. The van der Waals surface area contributed by atoms with Crippen LogP contribution in [0.3, 0.4) is 0 Å². The molecular weight excluding hydrogens is 218 g/mol. The number of sulfone groups is 1. The molecule has 15 heavy (non-hydrogen) atoms. The molecule has 0 aliphatic heterocycles. The minimum absolute atomic E-state index is 0.0376. The zero-order valence-electron chi connectivity index (χ0n) is 9.48. The lowest BCUT2D eigenvalue weighted by molar-refractivity contribution is 0.135. The Morgan fingerprint density at radius 2 is 1.93 bits per heavy atom. The molecule has 0 spiro atoms. The van der Waals surface area contributed by atoms with Gasteiger partial charge in [-0.2, -0.15) is 0 Å². The molecule has 0 aromatic heterocycles. The predicted molar refractivity (Wildman–Crippen MR) is 59.7 cm³/mol. The fraction of sp³-hybridized carbons (Fsp3) is 1.00. The average molecular weight is 239 g/mol. The van der Waals surface area contributed by atoms with Crippen LogP contribution in [0.4, 0.5) is 0 Å². The van der Waals surface area contributed by atoms with E-state index in [4.69, 9.17) is 9.84 Å². The summed E-state index contributed by atoms with van der Waals surface area (Å²) < 4.78 is 27.4. The highest BCUT2D eigenvalue weighted by molar-refractivity contribution is 7.91. The van der Waals surface area contributed by atoms with Gasteiger partial charge >= 0.3 is 0 Å². The van der Waals surface area contributed by atoms with Crippen molar-refractivity contribution in [2.75, 3.05) is 51.5 Å². The van der Waals surface area contributed by atoms with Gasteiger partial charge in [-0.25, -0.2) is 8.42 Å². The van der Waals surface area contributed by atoms with Crippen LogP contribution in [0.5, 0.6) is 0 Å². The summed E-state index contributed by atoms with van der Waals surface area (Å²) in [4.78, 5) is 1.89. The van der Waals surface area contributed by atoms with Gasteiger partial charge in [0.25, 0.3) is 0 Å². The number of methoxy groups -OCH3 is 1. The molecule has 0 aromatic carbocycles. The molecule has 0 aliphatic carbocycles. The molecule has 0 aromatic rings. The molecule has 0 saturated carbocycles. The third-order valence-corrected chi connectivity index (χ3v) is 3.87. The Balaban J connectivity index is 3.94. The topological polar surface area (TPSA) is 66.8 Å². The number of aliphatic hydroxyl groups is 1. The lowest BCUT2D eigenvalue weighted by atomic mass is 10.5. The van der Waals surface area contributed by atoms with Gasteiger partial charge in [0.2, 0.25) is 0 Å². The van der Waals surface area contributed by atoms with Crippen molar-refractivity contribution in [3.8, 4) is 0 Å². The van der Waals surface area contributed by atoms with Crippen molar-refractivity contribution in [2.45, 2.75) is 6.92 Å². The van der Waals surface area contributed by atoms with Crippen molar-refractivity contribution in [1.82, 2.24) is 4.90 Å². The lowest BCUT2D eigenvalue weighted by Gasteiger charge is -2.20. The first-order chi connectivity index (χ1) is 7.05. The van der Waals surface area contributed by atoms with E-state index in [-0.39, 0.29) is 18.1 Å². The summed E-state index contributed by atoms with van der Waals surface area (Å²) in [7, 11) is -1.32. The van der Waals surface area contributed by atoms with Crippen LogP contribution in [0.25, 0.3) is 0 Å². The third kappa shape index (κ3) is 7.72. The first-order valence-corrected chi connectivity index (χ1v) is 6.90. The van der Waals surface area contributed by atoms with E-state index in [1.807, 2.05) is 4.90 Å². The fourth-order valence-electron chi connectivity index (χ4n) is 1.11. The van der Waals surface area contributed by atoms with Gasteiger partial charge in [0.15, 0.2) is 9.84 Å². The van der Waals surface area contributed by atoms with Crippen molar-refractivity contribution < 1.29 is 18.3 Å². The molecule has 0 amide bonds. The summed E-state index contributed by atoms with van der Waals surface area (Å²) in [6.45, 7) is 3.82. The molecule has 5 nitrogen and oxygen atoms in total. The lowest BCUT2D eigenvalue weighted by Crippen LogP contribution is -2.34. The number of hydrogen-bond acceptors (Lipinski definition) is 5. The van der Waals surface area contributed by atoms with Gasteiger partial charge < -0.3 is 9.84 Å². The van der Waals surface area contributed by atoms with E-state index < -0.39 is 9.84 Å². The van der Waals surface area contributed by atoms with Crippen LogP contribution in [-0.4, -0.2) is 69.9 Å². The SMILES string of the molecule is CCS(=O)(=O)CCN(CCO)CCOC. The molecule has 0 saturated heterocycles. The molecule has 0 fully saturated rings. The van der Waals surface area contributed by atoms with Gasteiger partial charge in [-0.1, -0.05) is 6.92 Å². The highest BCUT2D eigenvalue weighted by atomic mass is 32.2. The number of aliphatic hydroxyl groups excluding tert-OH is 1. The van der Waals surface area contributed by atoms with Crippen LogP contribution in [0.2, 0.25) is 0 Å². The molecule has 92 valence electrons. The summed E-state index contributed by atoms with van der Waals surface area (Å²) in [6, 6.07) is 0. The Labute approximate surface area is 92.0 Å². The Bertz CT molecular complexity index is 240. The monoisotopic (exact) mass is 239 g/mol. The number of ether oxygens (including phenoxy) is 1. The summed E-state index contributed by atoms with van der Waals surface area (Å²) in [6.07, 6.45) is 0. The molecule has 0 rings (SSSR count). The van der Waals surface area contributed by atoms with Crippen LogP contribution < -0.4 is 0 Å². The smallest absolute Gasteiger partial charge is 0.151 e. The third-order valence-electron chi connectivity index (χ3n) is 2.19. The summed E-state index contributed by atoms with van der Waals surface area (Å²) in [5, 5.41) is 8.79. The molecule has 0 radical (unpaired) electrons. The zero-order chi connectivity index (χ0) is 11.7. The van der Waals surface area contributed by atoms with Crippen LogP contribution in [0.15, 0.2) is 0 Å². The Morgan fingerprint density at radius 1 is 1.27 bits per heavy atom. The van der Waals surface area contributed by atoms with Crippen LogP contribution in [0.1, 0.15) is 6.92 Å². The van der Waals surface area contributed by atoms with Crippen molar-refractivity contribution >= 4 is 9.84 Å². The second-order valence-electron chi connectivity index (χ2n) is 3.29. The van der Waals surface area contributed by atoms with Crippen LogP contribution >= 0.6 is 0 Å². The van der Waals surface area contributed by atoms with E-state index in [9.17, 15) is 8.42 Å². The van der Waals surface area contributed by atoms with Gasteiger partial charge in [-0.05, 0) is 0 Å². The maximum Gasteiger partial charge on any atom is 0.151 e. The Morgan fingerprint density at radius 3 is 2.40 bits per heavy atom. The fourth-order valence-corrected chi connectivity index (χ4v) is 1.93. The minimum atomic E-state index is -2.92. The highest BCUT2D eigenvalue weighted by Crippen LogP contribution is 1.94. The highest BCUT2D eigenvalue weighted by Gasteiger charge is 2.11. The van der Waals surface area contributed by atoms with Crippen molar-refractivity contribution in [1.29, 1.82) is 0 Å². The largest absolute Gasteiger partial charge is 0.395 e. The maximum absolute atomic E-state index is 11.3.